The fourth-order valence-corrected chi connectivity index (χ4v) is 3.78. The molecule has 7 nitrogen and oxygen atoms in total. The van der Waals surface area contributed by atoms with Crippen LogP contribution in [-0.2, 0) is 11.3 Å². The molecule has 166 valence electrons. The van der Waals surface area contributed by atoms with Gasteiger partial charge in [-0.25, -0.2) is 0 Å². The third-order valence-electron chi connectivity index (χ3n) is 5.61. The molecule has 3 N–H and O–H groups in total. The predicted octanol–water partition coefficient (Wildman–Crippen LogP) is 3.24. The zero-order chi connectivity index (χ0) is 20.8. The number of aliphatic imine (C=N–C) groups is 1. The largest absolute Gasteiger partial charge is 0.381 e. The first-order chi connectivity index (χ1) is 14.7. The van der Waals surface area contributed by atoms with Crippen molar-refractivity contribution in [3.05, 3.63) is 59.7 Å². The third-order valence-corrected chi connectivity index (χ3v) is 5.61. The number of hydrogen-bond donors (Lipinski definition) is 3. The van der Waals surface area contributed by atoms with Gasteiger partial charge < -0.3 is 25.6 Å². The van der Waals surface area contributed by atoms with Gasteiger partial charge in [-0.3, -0.25) is 9.79 Å². The van der Waals surface area contributed by atoms with Crippen LogP contribution in [0.1, 0.15) is 36.2 Å². The molecule has 0 aliphatic carbocycles. The van der Waals surface area contributed by atoms with Crippen molar-refractivity contribution in [2.45, 2.75) is 32.9 Å². The summed E-state index contributed by atoms with van der Waals surface area (Å²) >= 11 is 0. The molecule has 2 aliphatic heterocycles. The second kappa shape index (κ2) is 10.8. The van der Waals surface area contributed by atoms with Gasteiger partial charge >= 0.3 is 0 Å². The average molecular weight is 424 g/mol. The van der Waals surface area contributed by atoms with Gasteiger partial charge in [0.25, 0.3) is 5.91 Å². The molecule has 2 aromatic carbocycles. The van der Waals surface area contributed by atoms with Gasteiger partial charge in [-0.2, -0.15) is 0 Å². The van der Waals surface area contributed by atoms with E-state index in [4.69, 9.17) is 4.74 Å². The standard InChI is InChI=1S/C23H29N5O2.CH4/c1-30-21-10-14-28(15-11-21)20-8-4-18(5-9-20)22(29)26-16-17-2-6-19(7-3-17)27-23-24-12-13-25-23;/h2-9,21H,10-16H2,1H3,(H,26,29)(H2,24,25,27);1H4. The number of ether oxygens (including phenoxy) is 1. The highest BCUT2D eigenvalue weighted by Crippen LogP contribution is 2.21. The molecule has 2 aromatic rings. The second-order valence-corrected chi connectivity index (χ2v) is 7.63. The lowest BCUT2D eigenvalue weighted by Crippen LogP contribution is -2.36. The van der Waals surface area contributed by atoms with E-state index in [1.54, 1.807) is 7.11 Å². The van der Waals surface area contributed by atoms with Crippen molar-refractivity contribution in [2.75, 3.05) is 43.5 Å². The van der Waals surface area contributed by atoms with Crippen molar-refractivity contribution in [2.24, 2.45) is 4.99 Å². The summed E-state index contributed by atoms with van der Waals surface area (Å²) in [5, 5.41) is 9.41. The number of carbonyl (C=O) groups excluding carboxylic acids is 1. The number of piperidine rings is 1. The van der Waals surface area contributed by atoms with Crippen LogP contribution in [0.4, 0.5) is 11.4 Å². The average Bonchev–Trinajstić information content (AvgIpc) is 3.32. The minimum atomic E-state index is -0.0636. The van der Waals surface area contributed by atoms with Crippen molar-refractivity contribution >= 4 is 23.2 Å². The minimum absolute atomic E-state index is 0. The Morgan fingerprint density at radius 1 is 1.13 bits per heavy atom. The first kappa shape index (κ1) is 22.6. The van der Waals surface area contributed by atoms with E-state index in [2.05, 4.69) is 25.8 Å². The van der Waals surface area contributed by atoms with Crippen LogP contribution in [0.2, 0.25) is 0 Å². The van der Waals surface area contributed by atoms with E-state index in [-0.39, 0.29) is 13.3 Å². The minimum Gasteiger partial charge on any atom is -0.381 e. The Labute approximate surface area is 184 Å². The Morgan fingerprint density at radius 3 is 2.45 bits per heavy atom. The van der Waals surface area contributed by atoms with Gasteiger partial charge in [-0.1, -0.05) is 19.6 Å². The molecule has 1 amide bonds. The summed E-state index contributed by atoms with van der Waals surface area (Å²) in [6, 6.07) is 15.8. The molecule has 0 aromatic heterocycles. The van der Waals surface area contributed by atoms with Gasteiger partial charge in [0.05, 0.1) is 12.6 Å². The van der Waals surface area contributed by atoms with Gasteiger partial charge in [0.15, 0.2) is 5.96 Å². The molecular weight excluding hydrogens is 390 g/mol. The number of nitrogens with one attached hydrogen (secondary N) is 3. The number of amides is 1. The molecule has 7 heteroatoms. The molecule has 0 bridgehead atoms. The van der Waals surface area contributed by atoms with Crippen LogP contribution in [0.15, 0.2) is 53.5 Å². The lowest BCUT2D eigenvalue weighted by Gasteiger charge is -2.33. The van der Waals surface area contributed by atoms with E-state index < -0.39 is 0 Å². The SMILES string of the molecule is C.COC1CCN(c2ccc(C(=O)NCc3ccc(NC4=NCCN4)cc3)cc2)CC1. The quantitative estimate of drug-likeness (QED) is 0.665. The van der Waals surface area contributed by atoms with Gasteiger partial charge in [-0.15, -0.1) is 0 Å². The number of rotatable bonds is 6. The molecule has 2 heterocycles. The third kappa shape index (κ3) is 5.98. The van der Waals surface area contributed by atoms with Crippen LogP contribution in [0.5, 0.6) is 0 Å². The van der Waals surface area contributed by atoms with Gasteiger partial charge in [0.1, 0.15) is 0 Å². The van der Waals surface area contributed by atoms with E-state index in [0.29, 0.717) is 18.2 Å². The van der Waals surface area contributed by atoms with Crippen molar-refractivity contribution < 1.29 is 9.53 Å². The predicted molar refractivity (Wildman–Crippen MR) is 127 cm³/mol. The molecule has 31 heavy (non-hydrogen) atoms. The summed E-state index contributed by atoms with van der Waals surface area (Å²) in [5.41, 5.74) is 3.86. The summed E-state index contributed by atoms with van der Waals surface area (Å²) in [6.07, 6.45) is 2.44. The van der Waals surface area contributed by atoms with Gasteiger partial charge in [0.2, 0.25) is 0 Å². The maximum Gasteiger partial charge on any atom is 0.251 e. The first-order valence-corrected chi connectivity index (χ1v) is 10.5. The van der Waals surface area contributed by atoms with Crippen LogP contribution in [0.3, 0.4) is 0 Å². The maximum absolute atomic E-state index is 12.5. The number of hydrogen-bond acceptors (Lipinski definition) is 6. The van der Waals surface area contributed by atoms with E-state index in [1.165, 1.54) is 0 Å². The Hall–Kier alpha value is -3.06. The van der Waals surface area contributed by atoms with Gasteiger partial charge in [0, 0.05) is 50.2 Å². The van der Waals surface area contributed by atoms with E-state index in [9.17, 15) is 4.79 Å². The summed E-state index contributed by atoms with van der Waals surface area (Å²) in [4.78, 5) is 19.2. The normalized spacial score (nSPS) is 16.2. The van der Waals surface area contributed by atoms with E-state index in [0.717, 1.165) is 61.9 Å². The summed E-state index contributed by atoms with van der Waals surface area (Å²) in [7, 11) is 1.78. The highest BCUT2D eigenvalue weighted by atomic mass is 16.5. The molecule has 0 unspecified atom stereocenters. The highest BCUT2D eigenvalue weighted by molar-refractivity contribution is 5.95. The van der Waals surface area contributed by atoms with Crippen molar-refractivity contribution in [1.29, 1.82) is 0 Å². The highest BCUT2D eigenvalue weighted by Gasteiger charge is 2.19. The molecule has 0 radical (unpaired) electrons. The molecule has 0 atom stereocenters. The zero-order valence-corrected chi connectivity index (χ0v) is 17.4. The van der Waals surface area contributed by atoms with Crippen molar-refractivity contribution in [1.82, 2.24) is 10.6 Å². The Morgan fingerprint density at radius 2 is 1.84 bits per heavy atom. The number of benzene rings is 2. The lowest BCUT2D eigenvalue weighted by molar-refractivity contribution is 0.0819. The van der Waals surface area contributed by atoms with Crippen molar-refractivity contribution in [3.8, 4) is 0 Å². The molecular formula is C24H33N5O2. The summed E-state index contributed by atoms with van der Waals surface area (Å²) in [6.45, 7) is 4.14. The van der Waals surface area contributed by atoms with Gasteiger partial charge in [-0.05, 0) is 54.8 Å². The van der Waals surface area contributed by atoms with E-state index in [1.807, 2.05) is 48.5 Å². The van der Waals surface area contributed by atoms with Crippen LogP contribution < -0.4 is 20.9 Å². The monoisotopic (exact) mass is 423 g/mol. The van der Waals surface area contributed by atoms with Crippen LogP contribution >= 0.6 is 0 Å². The van der Waals surface area contributed by atoms with Crippen LogP contribution in [0.25, 0.3) is 0 Å². The number of guanidine groups is 1. The lowest BCUT2D eigenvalue weighted by atomic mass is 10.1. The maximum atomic E-state index is 12.5. The molecule has 1 fully saturated rings. The Kier molecular flexibility index (Phi) is 7.89. The molecule has 4 rings (SSSR count). The number of carbonyl (C=O) groups is 1. The van der Waals surface area contributed by atoms with Crippen LogP contribution in [-0.4, -0.2) is 51.3 Å². The zero-order valence-electron chi connectivity index (χ0n) is 17.4. The number of anilines is 2. The molecule has 0 saturated carbocycles. The Balaban J connectivity index is 0.00000272. The topological polar surface area (TPSA) is 78.0 Å². The first-order valence-electron chi connectivity index (χ1n) is 10.5. The molecule has 2 aliphatic rings. The van der Waals surface area contributed by atoms with Crippen molar-refractivity contribution in [3.63, 3.8) is 0 Å². The second-order valence-electron chi connectivity index (χ2n) is 7.63. The fraction of sp³-hybridized carbons (Fsp3) is 0.417. The summed E-state index contributed by atoms with van der Waals surface area (Å²) in [5.74, 6) is 0.744. The fourth-order valence-electron chi connectivity index (χ4n) is 3.78. The van der Waals surface area contributed by atoms with Crippen LogP contribution in [0, 0.1) is 0 Å². The Bertz CT molecular complexity index is 872. The molecule has 0 spiro atoms. The number of nitrogens with zero attached hydrogens (tertiary/aromatic N) is 2. The smallest absolute Gasteiger partial charge is 0.251 e. The van der Waals surface area contributed by atoms with E-state index >= 15 is 0 Å². The number of methoxy groups -OCH3 is 1. The summed E-state index contributed by atoms with van der Waals surface area (Å²) < 4.78 is 5.43. The molecule has 1 saturated heterocycles.